The highest BCUT2D eigenvalue weighted by atomic mass is 32.2. The van der Waals surface area contributed by atoms with Crippen molar-refractivity contribution in [2.75, 3.05) is 6.26 Å². The third-order valence-electron chi connectivity index (χ3n) is 4.33. The number of unbranched alkanes of at least 4 members (excludes halogenated alkanes) is 2. The molecular weight excluding hydrogens is 370 g/mol. The van der Waals surface area contributed by atoms with Gasteiger partial charge >= 0.3 is 0 Å². The van der Waals surface area contributed by atoms with Crippen molar-refractivity contribution >= 4 is 27.1 Å². The predicted octanol–water partition coefficient (Wildman–Crippen LogP) is 3.75. The fourth-order valence-electron chi connectivity index (χ4n) is 2.87. The van der Waals surface area contributed by atoms with E-state index >= 15 is 0 Å². The fraction of sp³-hybridized carbons (Fsp3) is 0.421. The minimum Gasteiger partial charge on any atom is -0.289 e. The van der Waals surface area contributed by atoms with Crippen molar-refractivity contribution in [3.63, 3.8) is 0 Å². The van der Waals surface area contributed by atoms with E-state index in [1.165, 1.54) is 26.4 Å². The molecule has 2 N–H and O–H groups in total. The molecule has 7 heteroatoms. The zero-order valence-corrected chi connectivity index (χ0v) is 16.7. The fourth-order valence-corrected chi connectivity index (χ4v) is 4.78. The van der Waals surface area contributed by atoms with Crippen molar-refractivity contribution in [2.24, 2.45) is 0 Å². The molecule has 1 aromatic heterocycles. The van der Waals surface area contributed by atoms with Crippen LogP contribution in [0.5, 0.6) is 0 Å². The van der Waals surface area contributed by atoms with Crippen molar-refractivity contribution in [3.8, 4) is 10.4 Å². The van der Waals surface area contributed by atoms with Crippen LogP contribution in [-0.2, 0) is 21.1 Å². The molecule has 0 radical (unpaired) electrons. The van der Waals surface area contributed by atoms with E-state index in [9.17, 15) is 13.2 Å². The smallest absolute Gasteiger partial charge is 0.261 e. The van der Waals surface area contributed by atoms with Crippen LogP contribution in [0.15, 0.2) is 36.4 Å². The Bertz CT molecular complexity index is 825. The van der Waals surface area contributed by atoms with Gasteiger partial charge in [0.05, 0.1) is 0 Å². The van der Waals surface area contributed by atoms with Gasteiger partial charge in [-0.15, -0.1) is 11.3 Å². The lowest BCUT2D eigenvalue weighted by atomic mass is 10.0. The van der Waals surface area contributed by atoms with Crippen LogP contribution in [0.2, 0.25) is 0 Å². The van der Waals surface area contributed by atoms with Crippen molar-refractivity contribution in [1.29, 1.82) is 0 Å². The Hall–Kier alpha value is -1.70. The summed E-state index contributed by atoms with van der Waals surface area (Å²) in [6.07, 6.45) is 4.54. The molecule has 2 aromatic rings. The molecule has 0 aliphatic carbocycles. The number of carbonyl (C=O) groups excluding carboxylic acids is 1. The summed E-state index contributed by atoms with van der Waals surface area (Å²) in [5.41, 5.74) is 3.91. The van der Waals surface area contributed by atoms with Crippen LogP contribution in [0.4, 0.5) is 0 Å². The molecule has 2 rings (SSSR count). The molecule has 0 bridgehead atoms. The van der Waals surface area contributed by atoms with E-state index in [0.29, 0.717) is 6.42 Å². The normalized spacial score (nSPS) is 12.7. The largest absolute Gasteiger partial charge is 0.289 e. The molecule has 26 heavy (non-hydrogen) atoms. The van der Waals surface area contributed by atoms with Gasteiger partial charge in [0.25, 0.3) is 5.91 Å². The van der Waals surface area contributed by atoms with Gasteiger partial charge in [0, 0.05) is 16.0 Å². The van der Waals surface area contributed by atoms with E-state index in [1.807, 2.05) is 0 Å². The Morgan fingerprint density at radius 2 is 1.81 bits per heavy atom. The van der Waals surface area contributed by atoms with E-state index in [-0.39, 0.29) is 6.42 Å². The van der Waals surface area contributed by atoms with Crippen LogP contribution in [0.3, 0.4) is 0 Å². The number of hydroxylamine groups is 1. The monoisotopic (exact) mass is 395 g/mol. The molecule has 1 aromatic carbocycles. The zero-order valence-electron chi connectivity index (χ0n) is 15.1. The number of nitrogens with one attached hydrogen (secondary N) is 1. The van der Waals surface area contributed by atoms with E-state index in [0.717, 1.165) is 25.5 Å². The Morgan fingerprint density at radius 1 is 1.12 bits per heavy atom. The van der Waals surface area contributed by atoms with Gasteiger partial charge in [0.2, 0.25) is 0 Å². The predicted molar refractivity (Wildman–Crippen MR) is 105 cm³/mol. The van der Waals surface area contributed by atoms with Gasteiger partial charge in [-0.3, -0.25) is 10.0 Å². The van der Waals surface area contributed by atoms with Crippen molar-refractivity contribution in [2.45, 2.75) is 44.3 Å². The van der Waals surface area contributed by atoms with Gasteiger partial charge in [0.1, 0.15) is 5.25 Å². The molecule has 0 spiro atoms. The first-order chi connectivity index (χ1) is 12.3. The Morgan fingerprint density at radius 3 is 2.35 bits per heavy atom. The van der Waals surface area contributed by atoms with Gasteiger partial charge in [-0.1, -0.05) is 37.1 Å². The van der Waals surface area contributed by atoms with E-state index in [2.05, 4.69) is 43.3 Å². The molecule has 142 valence electrons. The summed E-state index contributed by atoms with van der Waals surface area (Å²) in [7, 11) is -3.52. The van der Waals surface area contributed by atoms with E-state index in [1.54, 1.807) is 11.3 Å². The summed E-state index contributed by atoms with van der Waals surface area (Å²) in [4.78, 5) is 14.0. The molecular formula is C19H25NO4S2. The Balaban J connectivity index is 1.78. The standard InChI is InChI=1S/C19H25NO4S2/c1-14-8-13-17(25-14)16-11-9-15(10-12-16)6-4-3-5-7-18(19(21)20-22)26(2,23)24/h8-13,18,22H,3-7H2,1-2H3,(H,20,21). The number of amides is 1. The number of hydrogen-bond acceptors (Lipinski definition) is 5. The number of sulfone groups is 1. The number of hydrogen-bond donors (Lipinski definition) is 2. The first kappa shape index (κ1) is 20.6. The molecule has 0 aliphatic heterocycles. The van der Waals surface area contributed by atoms with Crippen molar-refractivity contribution in [3.05, 3.63) is 46.8 Å². The molecule has 1 amide bonds. The summed E-state index contributed by atoms with van der Waals surface area (Å²) >= 11 is 1.78. The van der Waals surface area contributed by atoms with Crippen LogP contribution in [-0.4, -0.2) is 31.0 Å². The maximum Gasteiger partial charge on any atom is 0.261 e. The maximum atomic E-state index is 11.6. The molecule has 0 fully saturated rings. The van der Waals surface area contributed by atoms with Gasteiger partial charge in [-0.2, -0.15) is 0 Å². The second-order valence-corrected chi connectivity index (χ2v) is 10.0. The maximum absolute atomic E-state index is 11.6. The summed E-state index contributed by atoms with van der Waals surface area (Å²) in [5.74, 6) is -0.855. The molecule has 0 aliphatic rings. The second-order valence-electron chi connectivity index (χ2n) is 6.50. The molecule has 0 saturated carbocycles. The van der Waals surface area contributed by atoms with E-state index in [4.69, 9.17) is 5.21 Å². The lowest BCUT2D eigenvalue weighted by Crippen LogP contribution is -2.37. The number of benzene rings is 1. The van der Waals surface area contributed by atoms with Gasteiger partial charge in [-0.05, 0) is 49.4 Å². The number of aryl methyl sites for hydroxylation is 2. The minimum atomic E-state index is -3.52. The molecule has 1 unspecified atom stereocenters. The summed E-state index contributed by atoms with van der Waals surface area (Å²) in [6.45, 7) is 2.10. The highest BCUT2D eigenvalue weighted by Crippen LogP contribution is 2.28. The summed E-state index contributed by atoms with van der Waals surface area (Å²) in [5, 5.41) is 7.48. The summed E-state index contributed by atoms with van der Waals surface area (Å²) < 4.78 is 23.2. The highest BCUT2D eigenvalue weighted by molar-refractivity contribution is 7.92. The number of thiophene rings is 1. The zero-order chi connectivity index (χ0) is 19.2. The molecule has 5 nitrogen and oxygen atoms in total. The lowest BCUT2D eigenvalue weighted by molar-refractivity contribution is -0.128. The van der Waals surface area contributed by atoms with Crippen LogP contribution in [0.25, 0.3) is 10.4 Å². The van der Waals surface area contributed by atoms with Crippen molar-refractivity contribution < 1.29 is 18.4 Å². The summed E-state index contributed by atoms with van der Waals surface area (Å²) in [6, 6.07) is 12.8. The third kappa shape index (κ3) is 5.93. The average molecular weight is 396 g/mol. The third-order valence-corrected chi connectivity index (χ3v) is 6.86. The topological polar surface area (TPSA) is 83.5 Å². The highest BCUT2D eigenvalue weighted by Gasteiger charge is 2.27. The van der Waals surface area contributed by atoms with Gasteiger partial charge in [-0.25, -0.2) is 13.9 Å². The number of rotatable bonds is 9. The first-order valence-electron chi connectivity index (χ1n) is 8.60. The molecule has 1 heterocycles. The van der Waals surface area contributed by atoms with Crippen LogP contribution >= 0.6 is 11.3 Å². The second kappa shape index (κ2) is 9.30. The van der Waals surface area contributed by atoms with Crippen LogP contribution < -0.4 is 5.48 Å². The SMILES string of the molecule is Cc1ccc(-c2ccc(CCCCCC(C(=O)NO)S(C)(=O)=O)cc2)s1. The van der Waals surface area contributed by atoms with Gasteiger partial charge < -0.3 is 0 Å². The van der Waals surface area contributed by atoms with Crippen LogP contribution in [0, 0.1) is 6.92 Å². The lowest BCUT2D eigenvalue weighted by Gasteiger charge is -2.12. The number of carbonyl (C=O) groups is 1. The van der Waals surface area contributed by atoms with Gasteiger partial charge in [0.15, 0.2) is 9.84 Å². The minimum absolute atomic E-state index is 0.224. The van der Waals surface area contributed by atoms with Crippen LogP contribution in [0.1, 0.15) is 36.1 Å². The first-order valence-corrected chi connectivity index (χ1v) is 11.4. The van der Waals surface area contributed by atoms with E-state index < -0.39 is 21.0 Å². The molecule has 1 atom stereocenters. The quantitative estimate of drug-likeness (QED) is 0.385. The average Bonchev–Trinajstić information content (AvgIpc) is 3.03. The van der Waals surface area contributed by atoms with Crippen molar-refractivity contribution in [1.82, 2.24) is 5.48 Å². The Labute approximate surface area is 158 Å². The Kier molecular flexibility index (Phi) is 7.37. The molecule has 0 saturated heterocycles.